The van der Waals surface area contributed by atoms with Crippen LogP contribution in [0.15, 0.2) is 47.7 Å². The Labute approximate surface area is 133 Å². The number of aliphatic hydroxyl groups is 1. The number of aliphatic hydroxyl groups excluding tert-OH is 1. The van der Waals surface area contributed by atoms with E-state index in [0.29, 0.717) is 0 Å². The van der Waals surface area contributed by atoms with E-state index < -0.39 is 17.7 Å². The number of rotatable bonds is 3. The zero-order chi connectivity index (χ0) is 16.6. The van der Waals surface area contributed by atoms with Crippen LogP contribution in [0, 0.1) is 0 Å². The highest BCUT2D eigenvalue weighted by atomic mass is 16.5. The van der Waals surface area contributed by atoms with Gasteiger partial charge in [0.05, 0.1) is 7.11 Å². The van der Waals surface area contributed by atoms with Crippen molar-refractivity contribution in [3.8, 4) is 5.75 Å². The lowest BCUT2D eigenvalue weighted by atomic mass is 9.93. The Kier molecular flexibility index (Phi) is 3.78. The van der Waals surface area contributed by atoms with Gasteiger partial charge >= 0.3 is 5.97 Å². The maximum Gasteiger partial charge on any atom is 0.345 e. The standard InChI is InChI=1S/C18H16O5/c1-10(17(20)16-15(19)9-23-18(16)21)11-3-4-13-8-14(22-2)6-5-12(13)7-11/h3-8,10,20H,9H2,1-2H3/b17-16+. The minimum absolute atomic E-state index is 0.243. The summed E-state index contributed by atoms with van der Waals surface area (Å²) in [5.74, 6) is -1.20. The summed E-state index contributed by atoms with van der Waals surface area (Å²) in [5, 5.41) is 12.3. The second-order valence-electron chi connectivity index (χ2n) is 5.45. The normalized spacial score (nSPS) is 18.0. The van der Waals surface area contributed by atoms with Gasteiger partial charge in [-0.05, 0) is 28.5 Å². The van der Waals surface area contributed by atoms with Crippen molar-refractivity contribution in [1.29, 1.82) is 0 Å². The van der Waals surface area contributed by atoms with Crippen LogP contribution in [0.5, 0.6) is 5.75 Å². The van der Waals surface area contributed by atoms with E-state index in [9.17, 15) is 14.7 Å². The predicted molar refractivity (Wildman–Crippen MR) is 84.5 cm³/mol. The van der Waals surface area contributed by atoms with E-state index in [1.165, 1.54) is 0 Å². The maximum atomic E-state index is 11.7. The molecule has 1 N–H and O–H groups in total. The molecule has 0 spiro atoms. The Morgan fingerprint density at radius 3 is 2.52 bits per heavy atom. The number of Topliss-reactive ketones (excluding diaryl/α,β-unsaturated/α-hetero) is 1. The Bertz CT molecular complexity index is 816. The third kappa shape index (κ3) is 2.65. The number of cyclic esters (lactones) is 1. The first-order valence-electron chi connectivity index (χ1n) is 7.22. The van der Waals surface area contributed by atoms with Crippen LogP contribution in [0.1, 0.15) is 18.4 Å². The molecule has 0 bridgehead atoms. The maximum absolute atomic E-state index is 11.7. The first-order valence-corrected chi connectivity index (χ1v) is 7.22. The van der Waals surface area contributed by atoms with Gasteiger partial charge in [-0.3, -0.25) is 4.79 Å². The number of carbonyl (C=O) groups is 2. The minimum Gasteiger partial charge on any atom is -0.511 e. The van der Waals surface area contributed by atoms with Gasteiger partial charge in [0.2, 0.25) is 5.78 Å². The summed E-state index contributed by atoms with van der Waals surface area (Å²) in [4.78, 5) is 23.2. The summed E-state index contributed by atoms with van der Waals surface area (Å²) >= 11 is 0. The third-order valence-corrected chi connectivity index (χ3v) is 4.06. The first kappa shape index (κ1) is 15.1. The van der Waals surface area contributed by atoms with Crippen LogP contribution in [-0.4, -0.2) is 30.6 Å². The first-order chi connectivity index (χ1) is 11.0. The number of fused-ring (bicyclic) bond motifs is 1. The fourth-order valence-electron chi connectivity index (χ4n) is 2.65. The topological polar surface area (TPSA) is 72.8 Å². The second kappa shape index (κ2) is 5.76. The number of ether oxygens (including phenoxy) is 2. The SMILES string of the molecule is COc1ccc2cc(C(C)/C(O)=C3/C(=O)COC3=O)ccc2c1. The molecule has 0 aliphatic carbocycles. The van der Waals surface area contributed by atoms with Crippen molar-refractivity contribution in [2.75, 3.05) is 13.7 Å². The molecule has 2 aromatic rings. The Morgan fingerprint density at radius 1 is 1.17 bits per heavy atom. The van der Waals surface area contributed by atoms with Crippen LogP contribution < -0.4 is 4.74 Å². The monoisotopic (exact) mass is 312 g/mol. The van der Waals surface area contributed by atoms with Gasteiger partial charge in [-0.2, -0.15) is 0 Å². The molecule has 1 aliphatic heterocycles. The van der Waals surface area contributed by atoms with E-state index in [-0.39, 0.29) is 17.9 Å². The molecule has 1 atom stereocenters. The zero-order valence-corrected chi connectivity index (χ0v) is 12.8. The van der Waals surface area contributed by atoms with Crippen LogP contribution >= 0.6 is 0 Å². The molecule has 23 heavy (non-hydrogen) atoms. The third-order valence-electron chi connectivity index (χ3n) is 4.06. The fourth-order valence-corrected chi connectivity index (χ4v) is 2.65. The second-order valence-corrected chi connectivity index (χ2v) is 5.45. The molecular weight excluding hydrogens is 296 g/mol. The van der Waals surface area contributed by atoms with Gasteiger partial charge in [0, 0.05) is 5.92 Å². The van der Waals surface area contributed by atoms with Crippen molar-refractivity contribution in [1.82, 2.24) is 0 Å². The quantitative estimate of drug-likeness (QED) is 0.408. The molecule has 1 fully saturated rings. The van der Waals surface area contributed by atoms with Crippen LogP contribution in [-0.2, 0) is 14.3 Å². The summed E-state index contributed by atoms with van der Waals surface area (Å²) in [6, 6.07) is 11.4. The molecule has 0 saturated carbocycles. The van der Waals surface area contributed by atoms with E-state index in [1.54, 1.807) is 14.0 Å². The molecule has 118 valence electrons. The van der Waals surface area contributed by atoms with Crippen molar-refractivity contribution in [2.45, 2.75) is 12.8 Å². The molecule has 1 unspecified atom stereocenters. The van der Waals surface area contributed by atoms with E-state index in [1.807, 2.05) is 36.4 Å². The van der Waals surface area contributed by atoms with Crippen molar-refractivity contribution < 1.29 is 24.2 Å². The van der Waals surface area contributed by atoms with Gasteiger partial charge < -0.3 is 14.6 Å². The highest BCUT2D eigenvalue weighted by Crippen LogP contribution is 2.30. The number of hydrogen-bond donors (Lipinski definition) is 1. The van der Waals surface area contributed by atoms with Gasteiger partial charge in [-0.1, -0.05) is 31.2 Å². The van der Waals surface area contributed by atoms with Gasteiger partial charge in [-0.25, -0.2) is 4.79 Å². The van der Waals surface area contributed by atoms with Gasteiger partial charge in [0.15, 0.2) is 6.61 Å². The molecule has 0 radical (unpaired) electrons. The van der Waals surface area contributed by atoms with Gasteiger partial charge in [-0.15, -0.1) is 0 Å². The summed E-state index contributed by atoms with van der Waals surface area (Å²) in [7, 11) is 1.61. The van der Waals surface area contributed by atoms with Gasteiger partial charge in [0.1, 0.15) is 17.1 Å². The van der Waals surface area contributed by atoms with E-state index in [4.69, 9.17) is 4.74 Å². The molecule has 5 heteroatoms. The average Bonchev–Trinajstić information content (AvgIpc) is 2.91. The average molecular weight is 312 g/mol. The van der Waals surface area contributed by atoms with Crippen LogP contribution in [0.4, 0.5) is 0 Å². The van der Waals surface area contributed by atoms with E-state index >= 15 is 0 Å². The lowest BCUT2D eigenvalue weighted by Crippen LogP contribution is -2.10. The highest BCUT2D eigenvalue weighted by molar-refractivity contribution is 6.22. The summed E-state index contributed by atoms with van der Waals surface area (Å²) < 4.78 is 9.85. The minimum atomic E-state index is -0.759. The number of allylic oxidation sites excluding steroid dienone is 1. The van der Waals surface area contributed by atoms with E-state index in [0.717, 1.165) is 22.1 Å². The smallest absolute Gasteiger partial charge is 0.345 e. The number of benzene rings is 2. The molecule has 1 heterocycles. The van der Waals surface area contributed by atoms with Crippen molar-refractivity contribution >= 4 is 22.5 Å². The van der Waals surface area contributed by atoms with E-state index in [2.05, 4.69) is 4.74 Å². The summed E-state index contributed by atoms with van der Waals surface area (Å²) in [5.41, 5.74) is 0.562. The molecule has 1 saturated heterocycles. The molecule has 5 nitrogen and oxygen atoms in total. The number of esters is 1. The molecule has 0 amide bonds. The molecule has 1 aliphatic rings. The molecule has 3 rings (SSSR count). The summed E-state index contributed by atoms with van der Waals surface area (Å²) in [6.45, 7) is 1.44. The number of methoxy groups -OCH3 is 1. The Hall–Kier alpha value is -2.82. The number of carbonyl (C=O) groups excluding carboxylic acids is 2. The van der Waals surface area contributed by atoms with Crippen molar-refractivity contribution in [3.63, 3.8) is 0 Å². The van der Waals surface area contributed by atoms with Crippen LogP contribution in [0.3, 0.4) is 0 Å². The Balaban J connectivity index is 2.01. The molecule has 2 aromatic carbocycles. The molecule has 0 aromatic heterocycles. The lowest BCUT2D eigenvalue weighted by molar-refractivity contribution is -0.135. The number of ketones is 1. The van der Waals surface area contributed by atoms with Crippen molar-refractivity contribution in [3.05, 3.63) is 53.3 Å². The van der Waals surface area contributed by atoms with Crippen molar-refractivity contribution in [2.24, 2.45) is 0 Å². The highest BCUT2D eigenvalue weighted by Gasteiger charge is 2.33. The Morgan fingerprint density at radius 2 is 1.87 bits per heavy atom. The van der Waals surface area contributed by atoms with Gasteiger partial charge in [0.25, 0.3) is 0 Å². The predicted octanol–water partition coefficient (Wildman–Crippen LogP) is 2.89. The molecular formula is C18H16O5. The summed E-state index contributed by atoms with van der Waals surface area (Å²) in [6.07, 6.45) is 0. The fraction of sp³-hybridized carbons (Fsp3) is 0.222. The largest absolute Gasteiger partial charge is 0.511 e. The lowest BCUT2D eigenvalue weighted by Gasteiger charge is -2.13. The van der Waals surface area contributed by atoms with Crippen LogP contribution in [0.2, 0.25) is 0 Å². The van der Waals surface area contributed by atoms with Crippen LogP contribution in [0.25, 0.3) is 10.8 Å². The number of hydrogen-bond acceptors (Lipinski definition) is 5. The zero-order valence-electron chi connectivity index (χ0n) is 12.8.